The zero-order valence-corrected chi connectivity index (χ0v) is 15.0. The van der Waals surface area contributed by atoms with Crippen molar-refractivity contribution in [2.24, 2.45) is 0 Å². The van der Waals surface area contributed by atoms with Crippen molar-refractivity contribution in [1.29, 1.82) is 0 Å². The second kappa shape index (κ2) is 7.92. The van der Waals surface area contributed by atoms with Gasteiger partial charge in [-0.3, -0.25) is 0 Å². The number of rotatable bonds is 6. The molecule has 0 radical (unpaired) electrons. The average molecular weight is 341 g/mol. The molecule has 25 heavy (non-hydrogen) atoms. The van der Waals surface area contributed by atoms with Gasteiger partial charge < -0.3 is 14.1 Å². The molecule has 5 nitrogen and oxygen atoms in total. The number of benzene rings is 1. The fraction of sp³-hybridized carbons (Fsp3) is 0.350. The molecule has 0 aliphatic carbocycles. The van der Waals surface area contributed by atoms with Gasteiger partial charge in [0.2, 0.25) is 0 Å². The summed E-state index contributed by atoms with van der Waals surface area (Å²) in [6, 6.07) is 11.4. The lowest BCUT2D eigenvalue weighted by Crippen LogP contribution is -2.25. The van der Waals surface area contributed by atoms with Crippen LogP contribution in [0, 0.1) is 0 Å². The molecule has 132 valence electrons. The number of aromatic nitrogens is 1. The summed E-state index contributed by atoms with van der Waals surface area (Å²) >= 11 is 0. The Hall–Kier alpha value is -2.69. The molecule has 0 spiro atoms. The van der Waals surface area contributed by atoms with E-state index in [4.69, 9.17) is 9.26 Å². The van der Waals surface area contributed by atoms with Crippen LogP contribution in [0.15, 0.2) is 46.5 Å². The molecule has 0 fully saturated rings. The van der Waals surface area contributed by atoms with Gasteiger partial charge in [-0.2, -0.15) is 0 Å². The molecule has 5 heteroatoms. The molecule has 0 amide bonds. The topological polar surface area (TPSA) is 69.4 Å². The van der Waals surface area contributed by atoms with Crippen molar-refractivity contribution in [2.45, 2.75) is 46.1 Å². The zero-order valence-electron chi connectivity index (χ0n) is 15.0. The van der Waals surface area contributed by atoms with Crippen molar-refractivity contribution >= 4 is 17.8 Å². The summed E-state index contributed by atoms with van der Waals surface area (Å²) in [6.45, 7) is 6.90. The van der Waals surface area contributed by atoms with Gasteiger partial charge >= 0.3 is 5.97 Å². The van der Waals surface area contributed by atoms with E-state index in [1.165, 1.54) is 6.92 Å². The number of carbonyl (C=O) groups excluding carboxylic acids is 2. The molecular formula is C20H23NO4. The first-order chi connectivity index (χ1) is 11.7. The summed E-state index contributed by atoms with van der Waals surface area (Å²) in [5, 5.41) is 4.03. The predicted octanol–water partition coefficient (Wildman–Crippen LogP) is 4.44. The van der Waals surface area contributed by atoms with Gasteiger partial charge in [0, 0.05) is 23.6 Å². The van der Waals surface area contributed by atoms with E-state index in [2.05, 4.69) is 5.16 Å². The summed E-state index contributed by atoms with van der Waals surface area (Å²) in [5.41, 5.74) is 1.39. The summed E-state index contributed by atoms with van der Waals surface area (Å²) in [6.07, 6.45) is 2.16. The fourth-order valence-electron chi connectivity index (χ4n) is 2.16. The smallest absolute Gasteiger partial charge is 0.334 e. The quantitative estimate of drug-likeness (QED) is 0.574. The third-order valence-electron chi connectivity index (χ3n) is 3.32. The molecule has 0 aliphatic heterocycles. The Morgan fingerprint density at radius 1 is 1.16 bits per heavy atom. The number of hydrogen-bond donors (Lipinski definition) is 0. The molecule has 0 bridgehead atoms. The van der Waals surface area contributed by atoms with Gasteiger partial charge in [0.25, 0.3) is 0 Å². The lowest BCUT2D eigenvalue weighted by molar-refractivity contribution is -0.149. The van der Waals surface area contributed by atoms with Crippen LogP contribution >= 0.6 is 0 Å². The van der Waals surface area contributed by atoms with Crippen molar-refractivity contribution in [1.82, 2.24) is 5.16 Å². The van der Waals surface area contributed by atoms with E-state index in [-0.39, 0.29) is 12.2 Å². The molecule has 0 unspecified atom stereocenters. The van der Waals surface area contributed by atoms with Crippen molar-refractivity contribution in [3.05, 3.63) is 47.7 Å². The summed E-state index contributed by atoms with van der Waals surface area (Å²) in [7, 11) is 0. The first kappa shape index (κ1) is 18.6. The molecule has 1 heterocycles. The van der Waals surface area contributed by atoms with Crippen LogP contribution in [0.2, 0.25) is 0 Å². The highest BCUT2D eigenvalue weighted by molar-refractivity contribution is 5.94. The van der Waals surface area contributed by atoms with Gasteiger partial charge in [-0.05, 0) is 40.2 Å². The van der Waals surface area contributed by atoms with Crippen LogP contribution in [-0.2, 0) is 14.3 Å². The average Bonchev–Trinajstić information content (AvgIpc) is 2.99. The van der Waals surface area contributed by atoms with E-state index < -0.39 is 11.6 Å². The molecule has 2 aromatic rings. The highest BCUT2D eigenvalue weighted by atomic mass is 16.6. The number of hydrogen-bond acceptors (Lipinski definition) is 5. The van der Waals surface area contributed by atoms with Crippen molar-refractivity contribution in [2.75, 3.05) is 0 Å². The number of ether oxygens (including phenoxy) is 1. The number of esters is 1. The Morgan fingerprint density at radius 2 is 1.84 bits per heavy atom. The minimum Gasteiger partial charge on any atom is -0.457 e. The second-order valence-corrected chi connectivity index (χ2v) is 6.85. The van der Waals surface area contributed by atoms with Crippen LogP contribution in [-0.4, -0.2) is 22.5 Å². The van der Waals surface area contributed by atoms with Crippen LogP contribution in [0.25, 0.3) is 17.3 Å². The Morgan fingerprint density at radius 3 is 2.44 bits per heavy atom. The lowest BCUT2D eigenvalue weighted by Gasteiger charge is -2.20. The first-order valence-corrected chi connectivity index (χ1v) is 8.20. The number of Topliss-reactive ketones (excluding diaryl/α,β-unsaturated/α-hetero) is 1. The number of nitrogens with zero attached hydrogens (tertiary/aromatic N) is 1. The normalized spacial score (nSPS) is 12.1. The maximum atomic E-state index is 12.4. The number of carbonyl (C=O) groups is 2. The molecule has 0 saturated heterocycles. The fourth-order valence-corrected chi connectivity index (χ4v) is 2.16. The molecule has 1 aromatic carbocycles. The summed E-state index contributed by atoms with van der Waals surface area (Å²) in [4.78, 5) is 23.7. The molecule has 1 aromatic heterocycles. The standard InChI is InChI=1S/C20H23NO4/c1-14(22)10-11-16(19(23)24-20(2,3)4)12-17-13-18(21-25-17)15-8-6-5-7-9-15/h5-9,12-13H,10-11H2,1-4H3/b16-12+. The molecule has 0 N–H and O–H groups in total. The van der Waals surface area contributed by atoms with Gasteiger partial charge in [0.1, 0.15) is 17.1 Å². The Labute approximate surface area is 147 Å². The second-order valence-electron chi connectivity index (χ2n) is 6.85. The van der Waals surface area contributed by atoms with Crippen molar-refractivity contribution in [3.63, 3.8) is 0 Å². The van der Waals surface area contributed by atoms with Gasteiger partial charge in [-0.15, -0.1) is 0 Å². The van der Waals surface area contributed by atoms with E-state index in [1.54, 1.807) is 32.9 Å². The van der Waals surface area contributed by atoms with E-state index in [0.29, 0.717) is 23.4 Å². The van der Waals surface area contributed by atoms with Gasteiger partial charge in [-0.25, -0.2) is 4.79 Å². The van der Waals surface area contributed by atoms with Crippen LogP contribution in [0.4, 0.5) is 0 Å². The van der Waals surface area contributed by atoms with Crippen LogP contribution in [0.3, 0.4) is 0 Å². The third-order valence-corrected chi connectivity index (χ3v) is 3.32. The van der Waals surface area contributed by atoms with Crippen LogP contribution in [0.1, 0.15) is 46.3 Å². The largest absolute Gasteiger partial charge is 0.457 e. The SMILES string of the molecule is CC(=O)CC/C(=C\c1cc(-c2ccccc2)no1)C(=O)OC(C)(C)C. The van der Waals surface area contributed by atoms with Crippen molar-refractivity contribution < 1.29 is 18.8 Å². The molecule has 0 aliphatic rings. The van der Waals surface area contributed by atoms with Gasteiger partial charge in [0.15, 0.2) is 5.76 Å². The third kappa shape index (κ3) is 6.03. The van der Waals surface area contributed by atoms with Crippen LogP contribution < -0.4 is 0 Å². The van der Waals surface area contributed by atoms with Crippen molar-refractivity contribution in [3.8, 4) is 11.3 Å². The Balaban J connectivity index is 2.25. The zero-order chi connectivity index (χ0) is 18.4. The lowest BCUT2D eigenvalue weighted by atomic mass is 10.1. The van der Waals surface area contributed by atoms with E-state index in [1.807, 2.05) is 30.3 Å². The summed E-state index contributed by atoms with van der Waals surface area (Å²) < 4.78 is 10.7. The van der Waals surface area contributed by atoms with E-state index >= 15 is 0 Å². The maximum absolute atomic E-state index is 12.4. The minimum absolute atomic E-state index is 0.0111. The van der Waals surface area contributed by atoms with Crippen LogP contribution in [0.5, 0.6) is 0 Å². The highest BCUT2D eigenvalue weighted by Crippen LogP contribution is 2.22. The highest BCUT2D eigenvalue weighted by Gasteiger charge is 2.21. The monoisotopic (exact) mass is 341 g/mol. The maximum Gasteiger partial charge on any atom is 0.334 e. The van der Waals surface area contributed by atoms with Gasteiger partial charge in [0.05, 0.1) is 0 Å². The van der Waals surface area contributed by atoms with E-state index in [0.717, 1.165) is 5.56 Å². The predicted molar refractivity (Wildman–Crippen MR) is 95.7 cm³/mol. The molecular weight excluding hydrogens is 318 g/mol. The van der Waals surface area contributed by atoms with Gasteiger partial charge in [-0.1, -0.05) is 35.5 Å². The Kier molecular flexibility index (Phi) is 5.91. The Bertz CT molecular complexity index is 766. The molecule has 2 rings (SSSR count). The summed E-state index contributed by atoms with van der Waals surface area (Å²) in [5.74, 6) is 0.00618. The van der Waals surface area contributed by atoms with E-state index in [9.17, 15) is 9.59 Å². The molecule has 0 atom stereocenters. The number of ketones is 1. The molecule has 0 saturated carbocycles. The first-order valence-electron chi connectivity index (χ1n) is 8.20. The minimum atomic E-state index is -0.608.